The highest BCUT2D eigenvalue weighted by molar-refractivity contribution is 5.49. The van der Waals surface area contributed by atoms with Crippen LogP contribution < -0.4 is 0 Å². The first-order valence-corrected chi connectivity index (χ1v) is 8.09. The molecule has 0 unspecified atom stereocenters. The molecule has 4 rings (SSSR count). The number of fused-ring (bicyclic) bond motifs is 1. The van der Waals surface area contributed by atoms with Crippen molar-refractivity contribution >= 4 is 6.08 Å². The van der Waals surface area contributed by atoms with Crippen molar-refractivity contribution in [2.24, 2.45) is 11.8 Å². The zero-order chi connectivity index (χ0) is 13.6. The van der Waals surface area contributed by atoms with E-state index >= 15 is 0 Å². The molecular weight excluding hydrogens is 248 g/mol. The summed E-state index contributed by atoms with van der Waals surface area (Å²) in [6, 6.07) is 0. The Hall–Kier alpha value is -1.09. The van der Waals surface area contributed by atoms with E-state index in [1.165, 1.54) is 43.5 Å². The molecule has 3 atom stereocenters. The second kappa shape index (κ2) is 4.73. The molecule has 3 aliphatic rings. The largest absolute Gasteiger partial charge is 0.370 e. The zero-order valence-corrected chi connectivity index (χ0v) is 12.3. The topological polar surface area (TPSA) is 30.4 Å². The summed E-state index contributed by atoms with van der Waals surface area (Å²) < 4.78 is 8.08. The van der Waals surface area contributed by atoms with Gasteiger partial charge in [-0.25, -0.2) is 4.98 Å². The number of allylic oxidation sites excluding steroid dienone is 1. The molecule has 108 valence electrons. The minimum Gasteiger partial charge on any atom is -0.370 e. The summed E-state index contributed by atoms with van der Waals surface area (Å²) in [5, 5.41) is 0. The highest BCUT2D eigenvalue weighted by Gasteiger charge is 2.47. The molecule has 3 heteroatoms. The van der Waals surface area contributed by atoms with Crippen LogP contribution in [0.3, 0.4) is 0 Å². The highest BCUT2D eigenvalue weighted by atomic mass is 16.6. The number of epoxide rings is 1. The van der Waals surface area contributed by atoms with Crippen LogP contribution in [-0.2, 0) is 17.7 Å². The van der Waals surface area contributed by atoms with Crippen LogP contribution >= 0.6 is 0 Å². The van der Waals surface area contributed by atoms with Gasteiger partial charge in [0.25, 0.3) is 0 Å². The molecule has 2 heterocycles. The Kier molecular flexibility index (Phi) is 2.99. The summed E-state index contributed by atoms with van der Waals surface area (Å²) in [5.74, 6) is 1.48. The number of ether oxygens (including phenoxy) is 1. The van der Waals surface area contributed by atoms with E-state index in [1.807, 2.05) is 0 Å². The molecule has 1 spiro atoms. The number of hydrogen-bond acceptors (Lipinski definition) is 2. The van der Waals surface area contributed by atoms with Gasteiger partial charge in [0.1, 0.15) is 0 Å². The lowest BCUT2D eigenvalue weighted by atomic mass is 9.81. The molecule has 0 radical (unpaired) electrons. The lowest BCUT2D eigenvalue weighted by molar-refractivity contribution is 0.178. The van der Waals surface area contributed by atoms with Crippen molar-refractivity contribution in [1.82, 2.24) is 9.55 Å². The standard InChI is InChI=1S/C17H24N2O/c1-13-4-2-6-16-15(8-13)18-12-19(16)10-14-5-3-7-17(9-14)11-20-17/h2,6,12-14H,3-5,7-11H2,1H3/t13-,14+,17+/m1/s1. The van der Waals surface area contributed by atoms with Crippen LogP contribution in [0, 0.1) is 11.8 Å². The van der Waals surface area contributed by atoms with E-state index in [4.69, 9.17) is 4.74 Å². The van der Waals surface area contributed by atoms with Gasteiger partial charge in [-0.1, -0.05) is 19.4 Å². The van der Waals surface area contributed by atoms with Crippen LogP contribution in [-0.4, -0.2) is 21.8 Å². The van der Waals surface area contributed by atoms with Gasteiger partial charge in [0.05, 0.1) is 29.9 Å². The third kappa shape index (κ3) is 2.32. The molecule has 0 N–H and O–H groups in total. The summed E-state index contributed by atoms with van der Waals surface area (Å²) >= 11 is 0. The quantitative estimate of drug-likeness (QED) is 0.772. The monoisotopic (exact) mass is 272 g/mol. The van der Waals surface area contributed by atoms with Crippen LogP contribution in [0.25, 0.3) is 6.08 Å². The van der Waals surface area contributed by atoms with Gasteiger partial charge in [-0.05, 0) is 50.0 Å². The van der Waals surface area contributed by atoms with Gasteiger partial charge in [0.2, 0.25) is 0 Å². The molecular formula is C17H24N2O. The fourth-order valence-electron chi connectivity index (χ4n) is 3.99. The lowest BCUT2D eigenvalue weighted by Gasteiger charge is -2.27. The first kappa shape index (κ1) is 12.6. The van der Waals surface area contributed by atoms with Gasteiger partial charge in [0, 0.05) is 6.54 Å². The van der Waals surface area contributed by atoms with E-state index in [0.29, 0.717) is 5.92 Å². The maximum absolute atomic E-state index is 5.69. The van der Waals surface area contributed by atoms with E-state index in [9.17, 15) is 0 Å². The number of hydrogen-bond donors (Lipinski definition) is 0. The molecule has 1 aromatic heterocycles. The van der Waals surface area contributed by atoms with Crippen LogP contribution in [0.15, 0.2) is 12.4 Å². The molecule has 2 fully saturated rings. The van der Waals surface area contributed by atoms with Gasteiger partial charge in [0.15, 0.2) is 0 Å². The average molecular weight is 272 g/mol. The Labute approximate surface area is 121 Å². The Balaban J connectivity index is 1.52. The molecule has 2 aliphatic carbocycles. The van der Waals surface area contributed by atoms with Gasteiger partial charge >= 0.3 is 0 Å². The number of rotatable bonds is 2. The molecule has 1 aromatic rings. The van der Waals surface area contributed by atoms with Gasteiger partial charge in [-0.3, -0.25) is 0 Å². The van der Waals surface area contributed by atoms with Crippen LogP contribution in [0.4, 0.5) is 0 Å². The maximum atomic E-state index is 5.69. The Morgan fingerprint density at radius 3 is 3.25 bits per heavy atom. The van der Waals surface area contributed by atoms with Crippen molar-refractivity contribution < 1.29 is 4.74 Å². The third-order valence-corrected chi connectivity index (χ3v) is 5.23. The van der Waals surface area contributed by atoms with Crippen molar-refractivity contribution in [1.29, 1.82) is 0 Å². The molecule has 0 aromatic carbocycles. The number of aromatic nitrogens is 2. The molecule has 1 saturated carbocycles. The van der Waals surface area contributed by atoms with E-state index < -0.39 is 0 Å². The van der Waals surface area contributed by atoms with Crippen molar-refractivity contribution in [3.05, 3.63) is 23.8 Å². The summed E-state index contributed by atoms with van der Waals surface area (Å²) in [5.41, 5.74) is 2.93. The van der Waals surface area contributed by atoms with E-state index in [-0.39, 0.29) is 5.60 Å². The average Bonchev–Trinajstić information content (AvgIpc) is 3.11. The predicted molar refractivity (Wildman–Crippen MR) is 79.4 cm³/mol. The molecule has 1 aliphatic heterocycles. The number of imidazole rings is 1. The molecule has 1 saturated heterocycles. The summed E-state index contributed by atoms with van der Waals surface area (Å²) in [7, 11) is 0. The summed E-state index contributed by atoms with van der Waals surface area (Å²) in [6.07, 6.45) is 14.2. The maximum Gasteiger partial charge on any atom is 0.0954 e. The molecule has 0 bridgehead atoms. The predicted octanol–water partition coefficient (Wildman–Crippen LogP) is 3.44. The number of nitrogens with zero attached hydrogens (tertiary/aromatic N) is 2. The van der Waals surface area contributed by atoms with Gasteiger partial charge in [-0.2, -0.15) is 0 Å². The SMILES string of the molecule is C[C@@H]1CC=Cc2c(ncn2C[C@H]2CCC[C@@]3(CO3)C2)C1. The third-order valence-electron chi connectivity index (χ3n) is 5.23. The van der Waals surface area contributed by atoms with Crippen molar-refractivity contribution in [2.75, 3.05) is 6.61 Å². The first-order chi connectivity index (χ1) is 9.74. The Morgan fingerprint density at radius 2 is 2.40 bits per heavy atom. The molecule has 20 heavy (non-hydrogen) atoms. The van der Waals surface area contributed by atoms with Gasteiger partial charge in [-0.15, -0.1) is 0 Å². The second-order valence-corrected chi connectivity index (χ2v) is 7.11. The second-order valence-electron chi connectivity index (χ2n) is 7.11. The van der Waals surface area contributed by atoms with Crippen molar-refractivity contribution in [2.45, 2.75) is 57.6 Å². The van der Waals surface area contributed by atoms with Crippen LogP contribution in [0.5, 0.6) is 0 Å². The zero-order valence-electron chi connectivity index (χ0n) is 12.3. The van der Waals surface area contributed by atoms with Crippen LogP contribution in [0.1, 0.15) is 50.4 Å². The van der Waals surface area contributed by atoms with E-state index in [1.54, 1.807) is 0 Å². The van der Waals surface area contributed by atoms with Crippen LogP contribution in [0.2, 0.25) is 0 Å². The normalized spacial score (nSPS) is 35.9. The lowest BCUT2D eigenvalue weighted by Crippen LogP contribution is -2.26. The minimum atomic E-state index is 0.283. The highest BCUT2D eigenvalue weighted by Crippen LogP contribution is 2.44. The summed E-state index contributed by atoms with van der Waals surface area (Å²) in [4.78, 5) is 4.67. The van der Waals surface area contributed by atoms with Crippen molar-refractivity contribution in [3.8, 4) is 0 Å². The fourth-order valence-corrected chi connectivity index (χ4v) is 3.99. The van der Waals surface area contributed by atoms with E-state index in [0.717, 1.165) is 25.5 Å². The molecule has 3 nitrogen and oxygen atoms in total. The Morgan fingerprint density at radius 1 is 1.50 bits per heavy atom. The van der Waals surface area contributed by atoms with E-state index in [2.05, 4.69) is 35.0 Å². The fraction of sp³-hybridized carbons (Fsp3) is 0.706. The Bertz CT molecular complexity index is 527. The first-order valence-electron chi connectivity index (χ1n) is 8.09. The minimum absolute atomic E-state index is 0.283. The molecule has 0 amide bonds. The van der Waals surface area contributed by atoms with Crippen molar-refractivity contribution in [3.63, 3.8) is 0 Å². The smallest absolute Gasteiger partial charge is 0.0954 e. The van der Waals surface area contributed by atoms with Gasteiger partial charge < -0.3 is 9.30 Å². The summed E-state index contributed by atoms with van der Waals surface area (Å²) in [6.45, 7) is 4.43.